The molecular weight excluding hydrogens is 580 g/mol. The summed E-state index contributed by atoms with van der Waals surface area (Å²) in [6.07, 6.45) is 2.70. The van der Waals surface area contributed by atoms with Crippen molar-refractivity contribution in [1.82, 2.24) is 14.3 Å². The summed E-state index contributed by atoms with van der Waals surface area (Å²) in [4.78, 5) is 24.5. The van der Waals surface area contributed by atoms with Crippen molar-refractivity contribution < 1.29 is 13.2 Å². The third kappa shape index (κ3) is 4.65. The van der Waals surface area contributed by atoms with E-state index in [0.717, 1.165) is 26.0 Å². The average molecular weight is 598 g/mol. The van der Waals surface area contributed by atoms with E-state index in [9.17, 15) is 13.2 Å². The number of aromatic nitrogens is 2. The Labute approximate surface area is 218 Å². The van der Waals surface area contributed by atoms with Crippen LogP contribution in [0.2, 0.25) is 4.34 Å². The van der Waals surface area contributed by atoms with E-state index >= 15 is 0 Å². The van der Waals surface area contributed by atoms with Gasteiger partial charge in [0.25, 0.3) is 10.0 Å². The number of fused-ring (bicyclic) bond motifs is 1. The van der Waals surface area contributed by atoms with Gasteiger partial charge >= 0.3 is 0 Å². The molecule has 1 fully saturated rings. The molecule has 0 saturated carbocycles. The Kier molecular flexibility index (Phi) is 6.75. The molecule has 1 aliphatic rings. The van der Waals surface area contributed by atoms with E-state index in [1.807, 2.05) is 36.4 Å². The summed E-state index contributed by atoms with van der Waals surface area (Å²) in [5.41, 5.74) is 1.46. The Hall–Kier alpha value is -1.89. The van der Waals surface area contributed by atoms with Gasteiger partial charge in [0.05, 0.1) is 26.8 Å². The summed E-state index contributed by atoms with van der Waals surface area (Å²) in [6, 6.07) is 13.4. The fourth-order valence-electron chi connectivity index (χ4n) is 3.90. The van der Waals surface area contributed by atoms with Gasteiger partial charge in [0, 0.05) is 17.2 Å². The first-order chi connectivity index (χ1) is 16.3. The largest absolute Gasteiger partial charge is 0.281 e. The molecule has 3 aromatic heterocycles. The molecule has 1 aliphatic heterocycles. The molecule has 12 heteroatoms. The lowest BCUT2D eigenvalue weighted by atomic mass is 10.2. The summed E-state index contributed by atoms with van der Waals surface area (Å²) in [7, 11) is -3.85. The lowest BCUT2D eigenvalue weighted by Gasteiger charge is -2.28. The first kappa shape index (κ1) is 23.8. The van der Waals surface area contributed by atoms with Crippen LogP contribution in [0.25, 0.3) is 10.2 Å². The maximum absolute atomic E-state index is 13.9. The number of hydrogen-bond donors (Lipinski definition) is 0. The standard InChI is InChI=1S/C22H18BrClN4O3S3/c23-14-6-7-16-18(12-14)32-22(26-16)27(13-15-4-1-2-10-25-15)21(29)17-5-3-11-28(17)34(30,31)20-9-8-19(24)33-20/h1-2,4,6-10,12,17H,3,5,11,13H2. The Morgan fingerprint density at radius 3 is 2.79 bits per heavy atom. The maximum atomic E-state index is 13.9. The van der Waals surface area contributed by atoms with Crippen LogP contribution in [0.15, 0.2) is 63.4 Å². The highest BCUT2D eigenvalue weighted by Gasteiger charge is 2.42. The Balaban J connectivity index is 1.52. The highest BCUT2D eigenvalue weighted by atomic mass is 79.9. The Morgan fingerprint density at radius 2 is 2.06 bits per heavy atom. The second-order valence-corrected chi connectivity index (χ2v) is 13.4. The number of carbonyl (C=O) groups excluding carboxylic acids is 1. The van der Waals surface area contributed by atoms with E-state index in [1.54, 1.807) is 17.2 Å². The zero-order valence-electron chi connectivity index (χ0n) is 17.6. The highest BCUT2D eigenvalue weighted by molar-refractivity contribution is 9.10. The van der Waals surface area contributed by atoms with Crippen molar-refractivity contribution in [1.29, 1.82) is 0 Å². The van der Waals surface area contributed by atoms with Crippen molar-refractivity contribution in [2.24, 2.45) is 0 Å². The van der Waals surface area contributed by atoms with Crippen LogP contribution < -0.4 is 4.90 Å². The molecule has 176 valence electrons. The van der Waals surface area contributed by atoms with Gasteiger partial charge in [-0.3, -0.25) is 14.7 Å². The number of halogens is 2. The van der Waals surface area contributed by atoms with Crippen LogP contribution in [-0.2, 0) is 21.4 Å². The first-order valence-corrected chi connectivity index (χ1v) is 14.6. The van der Waals surface area contributed by atoms with Crippen molar-refractivity contribution in [3.05, 3.63) is 69.2 Å². The molecular formula is C22H18BrClN4O3S3. The minimum atomic E-state index is -3.85. The fraction of sp³-hybridized carbons (Fsp3) is 0.227. The predicted molar refractivity (Wildman–Crippen MR) is 139 cm³/mol. The molecule has 0 N–H and O–H groups in total. The van der Waals surface area contributed by atoms with Crippen molar-refractivity contribution in [3.8, 4) is 0 Å². The topological polar surface area (TPSA) is 83.5 Å². The molecule has 7 nitrogen and oxygen atoms in total. The monoisotopic (exact) mass is 596 g/mol. The van der Waals surface area contributed by atoms with Gasteiger partial charge in [0.15, 0.2) is 5.13 Å². The molecule has 1 amide bonds. The molecule has 4 aromatic rings. The molecule has 1 atom stereocenters. The van der Waals surface area contributed by atoms with Crippen LogP contribution in [0, 0.1) is 0 Å². The molecule has 1 unspecified atom stereocenters. The molecule has 1 saturated heterocycles. The Morgan fingerprint density at radius 1 is 1.21 bits per heavy atom. The minimum Gasteiger partial charge on any atom is -0.281 e. The number of thiophene rings is 1. The van der Waals surface area contributed by atoms with Crippen molar-refractivity contribution in [2.45, 2.75) is 29.6 Å². The third-order valence-electron chi connectivity index (χ3n) is 5.48. The second-order valence-electron chi connectivity index (χ2n) is 7.69. The zero-order valence-corrected chi connectivity index (χ0v) is 22.4. The fourth-order valence-corrected chi connectivity index (χ4v) is 8.69. The lowest BCUT2D eigenvalue weighted by Crippen LogP contribution is -2.47. The van der Waals surface area contributed by atoms with Crippen molar-refractivity contribution in [2.75, 3.05) is 11.4 Å². The van der Waals surface area contributed by atoms with E-state index < -0.39 is 16.1 Å². The number of anilines is 1. The van der Waals surface area contributed by atoms with Crippen LogP contribution in [0.3, 0.4) is 0 Å². The van der Waals surface area contributed by atoms with Gasteiger partial charge in [-0.2, -0.15) is 4.31 Å². The van der Waals surface area contributed by atoms with Crippen LogP contribution in [0.5, 0.6) is 0 Å². The number of sulfonamides is 1. The second kappa shape index (κ2) is 9.63. The first-order valence-electron chi connectivity index (χ1n) is 10.4. The van der Waals surface area contributed by atoms with Crippen LogP contribution in [0.1, 0.15) is 18.5 Å². The normalized spacial score (nSPS) is 16.8. The molecule has 0 aliphatic carbocycles. The van der Waals surface area contributed by atoms with E-state index in [1.165, 1.54) is 21.7 Å². The molecule has 34 heavy (non-hydrogen) atoms. The van der Waals surface area contributed by atoms with E-state index in [4.69, 9.17) is 11.6 Å². The molecule has 0 bridgehead atoms. The van der Waals surface area contributed by atoms with Crippen LogP contribution in [-0.4, -0.2) is 41.2 Å². The number of rotatable bonds is 6. The summed E-state index contributed by atoms with van der Waals surface area (Å²) in [6.45, 7) is 0.467. The number of amides is 1. The maximum Gasteiger partial charge on any atom is 0.253 e. The van der Waals surface area contributed by atoms with Gasteiger partial charge in [-0.25, -0.2) is 13.4 Å². The SMILES string of the molecule is O=C(C1CCCN1S(=O)(=O)c1ccc(Cl)s1)N(Cc1ccccn1)c1nc2ccc(Br)cc2s1. The van der Waals surface area contributed by atoms with Gasteiger partial charge in [0.1, 0.15) is 10.3 Å². The summed E-state index contributed by atoms with van der Waals surface area (Å²) >= 11 is 11.8. The van der Waals surface area contributed by atoms with E-state index in [2.05, 4.69) is 25.9 Å². The molecule has 5 rings (SSSR count). The van der Waals surface area contributed by atoms with Gasteiger partial charge in [-0.15, -0.1) is 11.3 Å². The number of nitrogens with zero attached hydrogens (tertiary/aromatic N) is 4. The summed E-state index contributed by atoms with van der Waals surface area (Å²) in [5.74, 6) is -0.312. The zero-order chi connectivity index (χ0) is 23.9. The number of thiazole rings is 1. The third-order valence-corrected chi connectivity index (χ3v) is 10.6. The van der Waals surface area contributed by atoms with Gasteiger partial charge in [0.2, 0.25) is 5.91 Å². The van der Waals surface area contributed by atoms with Crippen LogP contribution in [0.4, 0.5) is 5.13 Å². The Bertz CT molecular complexity index is 1460. The van der Waals surface area contributed by atoms with Gasteiger partial charge in [-0.1, -0.05) is 44.9 Å². The van der Waals surface area contributed by atoms with E-state index in [-0.39, 0.29) is 23.2 Å². The van der Waals surface area contributed by atoms with Crippen LogP contribution >= 0.6 is 50.2 Å². The number of hydrogen-bond acceptors (Lipinski definition) is 7. The van der Waals surface area contributed by atoms with Crippen molar-refractivity contribution >= 4 is 81.5 Å². The number of pyridine rings is 1. The average Bonchev–Trinajstić information content (AvgIpc) is 3.57. The number of carbonyl (C=O) groups is 1. The smallest absolute Gasteiger partial charge is 0.253 e. The number of benzene rings is 1. The summed E-state index contributed by atoms with van der Waals surface area (Å²) < 4.78 is 30.3. The molecule has 4 heterocycles. The van der Waals surface area contributed by atoms with Gasteiger partial charge < -0.3 is 0 Å². The molecule has 0 radical (unpaired) electrons. The quantitative estimate of drug-likeness (QED) is 0.291. The predicted octanol–water partition coefficient (Wildman–Crippen LogP) is 5.56. The highest BCUT2D eigenvalue weighted by Crippen LogP contribution is 2.36. The van der Waals surface area contributed by atoms with E-state index in [0.29, 0.717) is 28.0 Å². The minimum absolute atomic E-state index is 0.137. The van der Waals surface area contributed by atoms with Gasteiger partial charge in [-0.05, 0) is 55.3 Å². The lowest BCUT2D eigenvalue weighted by molar-refractivity contribution is -0.121. The molecule has 0 spiro atoms. The summed E-state index contributed by atoms with van der Waals surface area (Å²) in [5, 5.41) is 0.507. The van der Waals surface area contributed by atoms with Crippen molar-refractivity contribution in [3.63, 3.8) is 0 Å². The molecule has 1 aromatic carbocycles.